The largest absolute Gasteiger partial charge is 0.398 e. The molecule has 11 heteroatoms. The van der Waals surface area contributed by atoms with Gasteiger partial charge in [0.05, 0.1) is 34.4 Å². The predicted octanol–water partition coefficient (Wildman–Crippen LogP) is 2.19. The van der Waals surface area contributed by atoms with E-state index in [0.717, 1.165) is 67.4 Å². The first-order chi connectivity index (χ1) is 16.5. The molecule has 1 aromatic carbocycles. The maximum Gasteiger partial charge on any atom is 0.162 e. The number of morpholine rings is 1. The van der Waals surface area contributed by atoms with Gasteiger partial charge in [-0.15, -0.1) is 11.3 Å². The van der Waals surface area contributed by atoms with Gasteiger partial charge in [0.1, 0.15) is 0 Å². The van der Waals surface area contributed by atoms with E-state index < -0.39 is 11.0 Å². The number of nitrogens with one attached hydrogen (secondary N) is 1. The van der Waals surface area contributed by atoms with Crippen molar-refractivity contribution in [3.05, 3.63) is 34.7 Å². The fraction of sp³-hybridized carbons (Fsp3) is 0.435. The molecule has 3 aromatic rings. The molecule has 2 aromatic heterocycles. The SMILES string of the molecule is CS(=O)N1CCN(Cc2cc3nc(-c4cccc(N)c4C=N)nc(N4CCOCC4)c3s2)CC1. The molecule has 0 radical (unpaired) electrons. The average molecular weight is 500 g/mol. The molecule has 180 valence electrons. The Morgan fingerprint density at radius 3 is 2.65 bits per heavy atom. The molecule has 2 aliphatic heterocycles. The zero-order chi connectivity index (χ0) is 23.7. The van der Waals surface area contributed by atoms with Gasteiger partial charge in [0.15, 0.2) is 11.6 Å². The maximum atomic E-state index is 11.8. The molecule has 2 aliphatic rings. The number of nitrogens with zero attached hydrogens (tertiary/aromatic N) is 5. The van der Waals surface area contributed by atoms with Gasteiger partial charge in [0, 0.05) is 80.0 Å². The lowest BCUT2D eigenvalue weighted by molar-refractivity contribution is 0.122. The third kappa shape index (κ3) is 4.71. The Hall–Kier alpha value is -2.44. The molecular formula is C23H29N7O2S2. The quantitative estimate of drug-likeness (QED) is 0.395. The van der Waals surface area contributed by atoms with Crippen molar-refractivity contribution in [1.29, 1.82) is 5.41 Å². The Kier molecular flexibility index (Phi) is 6.89. The molecule has 4 heterocycles. The Morgan fingerprint density at radius 2 is 1.94 bits per heavy atom. The van der Waals surface area contributed by atoms with Crippen LogP contribution in [0.3, 0.4) is 0 Å². The highest BCUT2D eigenvalue weighted by molar-refractivity contribution is 7.81. The van der Waals surface area contributed by atoms with Gasteiger partial charge in [-0.05, 0) is 12.1 Å². The van der Waals surface area contributed by atoms with E-state index >= 15 is 0 Å². The number of aromatic nitrogens is 2. The summed E-state index contributed by atoms with van der Waals surface area (Å²) in [5, 5.41) is 7.86. The minimum absolute atomic E-state index is 0.544. The van der Waals surface area contributed by atoms with Crippen molar-refractivity contribution in [2.24, 2.45) is 0 Å². The normalized spacial score (nSPS) is 18.9. The van der Waals surface area contributed by atoms with Gasteiger partial charge in [-0.25, -0.2) is 18.5 Å². The summed E-state index contributed by atoms with van der Waals surface area (Å²) in [7, 11) is -0.907. The molecule has 3 N–H and O–H groups in total. The number of piperazine rings is 1. The van der Waals surface area contributed by atoms with E-state index in [1.54, 1.807) is 23.7 Å². The number of hydrogen-bond acceptors (Lipinski definition) is 9. The third-order valence-corrected chi connectivity index (χ3v) is 8.51. The second kappa shape index (κ2) is 10.0. The lowest BCUT2D eigenvalue weighted by Gasteiger charge is -2.32. The van der Waals surface area contributed by atoms with E-state index in [-0.39, 0.29) is 0 Å². The van der Waals surface area contributed by atoms with E-state index in [1.165, 1.54) is 11.1 Å². The van der Waals surface area contributed by atoms with E-state index in [1.807, 2.05) is 16.4 Å². The van der Waals surface area contributed by atoms with Crippen molar-refractivity contribution in [3.63, 3.8) is 0 Å². The number of nitrogen functional groups attached to an aromatic ring is 1. The van der Waals surface area contributed by atoms with Crippen molar-refractivity contribution in [1.82, 2.24) is 19.2 Å². The van der Waals surface area contributed by atoms with Gasteiger partial charge in [-0.1, -0.05) is 12.1 Å². The summed E-state index contributed by atoms with van der Waals surface area (Å²) in [6.45, 7) is 7.18. The number of thiophene rings is 1. The molecule has 9 nitrogen and oxygen atoms in total. The van der Waals surface area contributed by atoms with E-state index in [0.29, 0.717) is 30.3 Å². The van der Waals surface area contributed by atoms with Crippen LogP contribution in [-0.4, -0.2) is 88.3 Å². The molecule has 2 fully saturated rings. The Balaban J connectivity index is 1.51. The number of ether oxygens (including phenoxy) is 1. The summed E-state index contributed by atoms with van der Waals surface area (Å²) in [5.74, 6) is 1.51. The molecule has 1 unspecified atom stereocenters. The van der Waals surface area contributed by atoms with Crippen LogP contribution >= 0.6 is 11.3 Å². The summed E-state index contributed by atoms with van der Waals surface area (Å²) >= 11 is 1.74. The summed E-state index contributed by atoms with van der Waals surface area (Å²) < 4.78 is 20.4. The third-order valence-electron chi connectivity index (χ3n) is 6.31. The minimum atomic E-state index is -0.907. The Labute approximate surface area is 205 Å². The molecule has 0 spiro atoms. The predicted molar refractivity (Wildman–Crippen MR) is 139 cm³/mol. The standard InChI is InChI=1S/C23H29N7O2S2/c1-34(31)30-7-5-28(6-8-30)15-16-13-20-21(33-16)23(29-9-11-32-12-10-29)27-22(26-20)17-3-2-4-19(25)18(17)14-24/h2-4,13-14,24H,5-12,15,25H2,1H3. The molecule has 0 aliphatic carbocycles. The zero-order valence-corrected chi connectivity index (χ0v) is 20.8. The summed E-state index contributed by atoms with van der Waals surface area (Å²) in [6.07, 6.45) is 3.02. The van der Waals surface area contributed by atoms with Gasteiger partial charge in [-0.2, -0.15) is 0 Å². The van der Waals surface area contributed by atoms with Crippen molar-refractivity contribution in [2.75, 3.05) is 69.4 Å². The molecule has 5 rings (SSSR count). The van der Waals surface area contributed by atoms with E-state index in [9.17, 15) is 4.21 Å². The highest BCUT2D eigenvalue weighted by atomic mass is 32.2. The van der Waals surface area contributed by atoms with Crippen LogP contribution < -0.4 is 10.6 Å². The number of fused-ring (bicyclic) bond motifs is 1. The lowest BCUT2D eigenvalue weighted by Crippen LogP contribution is -2.46. The van der Waals surface area contributed by atoms with Crippen LogP contribution in [0, 0.1) is 5.41 Å². The first kappa shape index (κ1) is 23.3. The van der Waals surface area contributed by atoms with Gasteiger partial charge >= 0.3 is 0 Å². The number of hydrogen-bond donors (Lipinski definition) is 2. The lowest BCUT2D eigenvalue weighted by atomic mass is 10.1. The monoisotopic (exact) mass is 499 g/mol. The number of benzene rings is 1. The highest BCUT2D eigenvalue weighted by Gasteiger charge is 2.23. The molecule has 0 bridgehead atoms. The second-order valence-corrected chi connectivity index (χ2v) is 11.0. The summed E-state index contributed by atoms with van der Waals surface area (Å²) in [4.78, 5) is 15.8. The van der Waals surface area contributed by atoms with E-state index in [4.69, 9.17) is 25.8 Å². The number of anilines is 2. The maximum absolute atomic E-state index is 11.8. The van der Waals surface area contributed by atoms with Crippen LogP contribution in [0.5, 0.6) is 0 Å². The van der Waals surface area contributed by atoms with Crippen molar-refractivity contribution >= 4 is 50.3 Å². The van der Waals surface area contributed by atoms with Crippen LogP contribution in [0.4, 0.5) is 11.5 Å². The number of rotatable bonds is 6. The Morgan fingerprint density at radius 1 is 1.18 bits per heavy atom. The molecule has 2 saturated heterocycles. The van der Waals surface area contributed by atoms with Crippen LogP contribution in [-0.2, 0) is 22.3 Å². The van der Waals surface area contributed by atoms with Crippen LogP contribution in [0.15, 0.2) is 24.3 Å². The van der Waals surface area contributed by atoms with E-state index in [2.05, 4.69) is 15.9 Å². The topological polar surface area (TPSA) is 112 Å². The minimum Gasteiger partial charge on any atom is -0.398 e. The average Bonchev–Trinajstić information content (AvgIpc) is 3.26. The van der Waals surface area contributed by atoms with Gasteiger partial charge in [-0.3, -0.25) is 4.90 Å². The Bertz CT molecular complexity index is 1220. The fourth-order valence-corrected chi connectivity index (χ4v) is 6.29. The summed E-state index contributed by atoms with van der Waals surface area (Å²) in [5.41, 5.74) is 9.00. The number of nitrogens with two attached hydrogens (primary N) is 1. The van der Waals surface area contributed by atoms with Gasteiger partial charge in [0.25, 0.3) is 0 Å². The smallest absolute Gasteiger partial charge is 0.162 e. The van der Waals surface area contributed by atoms with Gasteiger partial charge < -0.3 is 20.8 Å². The van der Waals surface area contributed by atoms with Crippen molar-refractivity contribution in [2.45, 2.75) is 6.54 Å². The molecule has 0 amide bonds. The van der Waals surface area contributed by atoms with Crippen LogP contribution in [0.1, 0.15) is 10.4 Å². The second-order valence-electron chi connectivity index (χ2n) is 8.48. The van der Waals surface area contributed by atoms with Crippen molar-refractivity contribution < 1.29 is 8.95 Å². The van der Waals surface area contributed by atoms with Crippen LogP contribution in [0.2, 0.25) is 0 Å². The first-order valence-corrected chi connectivity index (χ1v) is 13.7. The molecule has 1 atom stereocenters. The molecule has 34 heavy (non-hydrogen) atoms. The zero-order valence-electron chi connectivity index (χ0n) is 19.2. The van der Waals surface area contributed by atoms with Crippen molar-refractivity contribution in [3.8, 4) is 11.4 Å². The first-order valence-electron chi connectivity index (χ1n) is 11.4. The fourth-order valence-electron chi connectivity index (χ4n) is 4.46. The van der Waals surface area contributed by atoms with Gasteiger partial charge in [0.2, 0.25) is 0 Å². The summed E-state index contributed by atoms with van der Waals surface area (Å²) in [6, 6.07) is 7.75. The molecule has 0 saturated carbocycles. The highest BCUT2D eigenvalue weighted by Crippen LogP contribution is 2.36. The van der Waals surface area contributed by atoms with Crippen LogP contribution in [0.25, 0.3) is 21.6 Å². The molecular weight excluding hydrogens is 470 g/mol.